The lowest BCUT2D eigenvalue weighted by molar-refractivity contribution is -0.145. The van der Waals surface area contributed by atoms with E-state index in [9.17, 15) is 33.6 Å². The molecule has 7 atom stereocenters. The fourth-order valence-electron chi connectivity index (χ4n) is 8.25. The number of rotatable bonds is 17. The van der Waals surface area contributed by atoms with Gasteiger partial charge in [0.2, 0.25) is 11.8 Å². The fraction of sp³-hybridized carbons (Fsp3) is 0.513. The van der Waals surface area contributed by atoms with Gasteiger partial charge in [0.05, 0.1) is 44.3 Å². The van der Waals surface area contributed by atoms with E-state index in [4.69, 9.17) is 13.9 Å². The van der Waals surface area contributed by atoms with Crippen LogP contribution in [-0.2, 0) is 34.2 Å². The molecule has 4 saturated heterocycles. The van der Waals surface area contributed by atoms with E-state index in [0.29, 0.717) is 30.3 Å². The van der Waals surface area contributed by atoms with Crippen molar-refractivity contribution in [3.63, 3.8) is 0 Å². The molecule has 0 bridgehead atoms. The Morgan fingerprint density at radius 3 is 2.66 bits per heavy atom. The molecular weight excluding hydrogens is 778 g/mol. The van der Waals surface area contributed by atoms with E-state index in [-0.39, 0.29) is 90.6 Å². The van der Waals surface area contributed by atoms with Crippen LogP contribution in [0.4, 0.5) is 14.0 Å². The number of hydrogen-bond donors (Lipinski definition) is 6. The molecule has 1 aliphatic carbocycles. The summed E-state index contributed by atoms with van der Waals surface area (Å²) >= 11 is 1.81. The maximum absolute atomic E-state index is 15.3. The molecular formula is C39H46FN7O10S. The first-order valence-corrected chi connectivity index (χ1v) is 20.4. The average Bonchev–Trinajstić information content (AvgIpc) is 4.01. The minimum atomic E-state index is -1.82. The molecule has 2 aromatic rings. The van der Waals surface area contributed by atoms with E-state index in [1.54, 1.807) is 12.2 Å². The number of carbonyl (C=O) groups is 7. The third-order valence-corrected chi connectivity index (χ3v) is 12.8. The van der Waals surface area contributed by atoms with Gasteiger partial charge in [0.25, 0.3) is 11.8 Å². The van der Waals surface area contributed by atoms with Crippen molar-refractivity contribution in [3.05, 3.63) is 59.3 Å². The summed E-state index contributed by atoms with van der Waals surface area (Å²) in [5.74, 6) is -2.75. The Labute approximate surface area is 337 Å². The molecule has 0 spiro atoms. The SMILES string of the molecule is COC(=O)[C@H](CCCCNC(=O)c1cc2cc([C@]3(CN4CC5C=CC(OC)=CC5C4=O)NC(=O)NC3=O)oc2cc1F)NC(=O)CCCCC1SCC2NC(=O)NC21. The highest BCUT2D eigenvalue weighted by Gasteiger charge is 2.54. The van der Waals surface area contributed by atoms with Crippen LogP contribution in [0, 0.1) is 17.7 Å². The van der Waals surface area contributed by atoms with Gasteiger partial charge in [0.15, 0.2) is 5.54 Å². The van der Waals surface area contributed by atoms with Crippen molar-refractivity contribution >= 4 is 64.4 Å². The highest BCUT2D eigenvalue weighted by Crippen LogP contribution is 2.38. The number of furan rings is 1. The molecule has 4 fully saturated rings. The number of nitrogens with zero attached hydrogens (tertiary/aromatic N) is 1. The summed E-state index contributed by atoms with van der Waals surface area (Å²) in [5.41, 5.74) is -2.08. The molecule has 5 heterocycles. The summed E-state index contributed by atoms with van der Waals surface area (Å²) in [4.78, 5) is 90.5. The van der Waals surface area contributed by atoms with Gasteiger partial charge in [-0.1, -0.05) is 12.5 Å². The first-order valence-electron chi connectivity index (χ1n) is 19.3. The van der Waals surface area contributed by atoms with Crippen molar-refractivity contribution in [1.82, 2.24) is 36.8 Å². The number of allylic oxidation sites excluding steroid dienone is 1. The minimum Gasteiger partial charge on any atom is -0.497 e. The number of hydrogen-bond acceptors (Lipinski definition) is 11. The van der Waals surface area contributed by atoms with Gasteiger partial charge < -0.3 is 45.4 Å². The number of amides is 8. The third-order valence-electron chi connectivity index (χ3n) is 11.3. The average molecular weight is 824 g/mol. The topological polar surface area (TPSA) is 227 Å². The van der Waals surface area contributed by atoms with Gasteiger partial charge >= 0.3 is 18.0 Å². The second kappa shape index (κ2) is 17.1. The summed E-state index contributed by atoms with van der Waals surface area (Å²) < 4.78 is 31.4. The van der Waals surface area contributed by atoms with Crippen LogP contribution < -0.4 is 31.9 Å². The highest BCUT2D eigenvalue weighted by molar-refractivity contribution is 8.00. The molecule has 0 radical (unpaired) electrons. The van der Waals surface area contributed by atoms with Crippen molar-refractivity contribution < 1.29 is 51.8 Å². The first kappa shape index (κ1) is 40.6. The van der Waals surface area contributed by atoms with Crippen LogP contribution in [0.2, 0.25) is 0 Å². The van der Waals surface area contributed by atoms with Crippen molar-refractivity contribution in [2.75, 3.05) is 39.6 Å². The molecule has 4 aliphatic heterocycles. The quantitative estimate of drug-likeness (QED) is 0.0586. The van der Waals surface area contributed by atoms with Crippen LogP contribution in [0.1, 0.15) is 61.1 Å². The molecule has 310 valence electrons. The van der Waals surface area contributed by atoms with Crippen LogP contribution in [0.25, 0.3) is 11.0 Å². The molecule has 17 nitrogen and oxygen atoms in total. The number of benzene rings is 1. The number of ether oxygens (including phenoxy) is 2. The third kappa shape index (κ3) is 8.35. The Bertz CT molecular complexity index is 2070. The molecule has 6 N–H and O–H groups in total. The smallest absolute Gasteiger partial charge is 0.328 e. The van der Waals surface area contributed by atoms with Gasteiger partial charge in [-0.2, -0.15) is 11.8 Å². The molecule has 58 heavy (non-hydrogen) atoms. The lowest BCUT2D eigenvalue weighted by Crippen LogP contribution is -2.53. The second-order valence-electron chi connectivity index (χ2n) is 15.1. The number of halogens is 1. The second-order valence-corrected chi connectivity index (χ2v) is 16.4. The fourth-order valence-corrected chi connectivity index (χ4v) is 9.79. The van der Waals surface area contributed by atoms with Crippen LogP contribution >= 0.6 is 11.8 Å². The maximum atomic E-state index is 15.3. The van der Waals surface area contributed by atoms with Gasteiger partial charge in [-0.3, -0.25) is 24.5 Å². The molecule has 0 saturated carbocycles. The van der Waals surface area contributed by atoms with Crippen LogP contribution in [0.3, 0.4) is 0 Å². The van der Waals surface area contributed by atoms with Crippen molar-refractivity contribution in [2.24, 2.45) is 11.8 Å². The number of fused-ring (bicyclic) bond motifs is 3. The van der Waals surface area contributed by atoms with Gasteiger partial charge in [-0.05, 0) is 56.4 Å². The summed E-state index contributed by atoms with van der Waals surface area (Å²) in [5, 5.41) is 16.7. The largest absolute Gasteiger partial charge is 0.497 e. The molecule has 1 aromatic carbocycles. The number of thioether (sulfide) groups is 1. The molecule has 5 aliphatic rings. The lowest BCUT2D eigenvalue weighted by Gasteiger charge is -2.29. The maximum Gasteiger partial charge on any atom is 0.328 e. The van der Waals surface area contributed by atoms with Gasteiger partial charge in [-0.15, -0.1) is 0 Å². The number of unbranched alkanes of at least 4 members (excludes halogenated alkanes) is 2. The number of carbonyl (C=O) groups excluding carboxylic acids is 7. The van der Waals surface area contributed by atoms with E-state index in [0.717, 1.165) is 24.7 Å². The van der Waals surface area contributed by atoms with Crippen molar-refractivity contribution in [2.45, 2.75) is 73.9 Å². The summed E-state index contributed by atoms with van der Waals surface area (Å²) in [7, 11) is 2.74. The number of imide groups is 1. The molecule has 1 aromatic heterocycles. The number of likely N-dealkylation sites (tertiary alicyclic amines) is 1. The first-order chi connectivity index (χ1) is 27.9. The van der Waals surface area contributed by atoms with E-state index in [2.05, 4.69) is 31.9 Å². The monoisotopic (exact) mass is 823 g/mol. The zero-order valence-corrected chi connectivity index (χ0v) is 32.8. The Morgan fingerprint density at radius 2 is 1.90 bits per heavy atom. The predicted molar refractivity (Wildman–Crippen MR) is 206 cm³/mol. The Hall–Kier alpha value is -5.59. The highest BCUT2D eigenvalue weighted by atomic mass is 32.2. The summed E-state index contributed by atoms with van der Waals surface area (Å²) in [6.45, 7) is 0.167. The zero-order chi connectivity index (χ0) is 41.1. The zero-order valence-electron chi connectivity index (χ0n) is 32.0. The van der Waals surface area contributed by atoms with Gasteiger partial charge in [-0.25, -0.2) is 18.8 Å². The minimum absolute atomic E-state index is 0.0212. The molecule has 8 amide bonds. The standard InChI is InChI=1S/C39H46FN7O10S/c1-55-22-11-10-20-17-47(34(50)23(20)15-22)19-39(36(52)45-38(54)46-39)30-14-21-13-24(25(40)16-28(21)57-30)33(49)41-12-6-5-7-26(35(51)56-2)42-31(48)9-4-3-8-29-32-27(18-58-29)43-37(53)44-32/h10-11,13-16,20,23,26-27,29,32H,3-9,12,17-19H2,1-2H3,(H,41,49)(H,42,48)(H2,43,44,53)(H2,45,46,52,54)/t20?,23?,26-,27?,29?,32?,39-/m0/s1. The van der Waals surface area contributed by atoms with Crippen LogP contribution in [-0.4, -0.2) is 110 Å². The van der Waals surface area contributed by atoms with E-state index in [1.807, 2.05) is 17.8 Å². The molecule has 19 heteroatoms. The number of methoxy groups -OCH3 is 2. The lowest BCUT2D eigenvalue weighted by atomic mass is 9.91. The van der Waals surface area contributed by atoms with E-state index < -0.39 is 47.1 Å². The molecule has 5 unspecified atom stereocenters. The summed E-state index contributed by atoms with van der Waals surface area (Å²) in [6, 6.07) is 2.19. The Balaban J connectivity index is 0.907. The molecule has 7 rings (SSSR count). The summed E-state index contributed by atoms with van der Waals surface area (Å²) in [6.07, 6.45) is 8.99. The Morgan fingerprint density at radius 1 is 1.07 bits per heavy atom. The van der Waals surface area contributed by atoms with Gasteiger partial charge in [0, 0.05) is 47.9 Å². The van der Waals surface area contributed by atoms with E-state index in [1.165, 1.54) is 31.3 Å². The number of esters is 1. The van der Waals surface area contributed by atoms with E-state index >= 15 is 4.39 Å². The normalized spacial score (nSPS) is 26.3. The number of urea groups is 2. The van der Waals surface area contributed by atoms with Crippen LogP contribution in [0.5, 0.6) is 0 Å². The van der Waals surface area contributed by atoms with Crippen molar-refractivity contribution in [1.29, 1.82) is 0 Å². The number of nitrogens with one attached hydrogen (secondary N) is 6. The Kier molecular flexibility index (Phi) is 12.0. The van der Waals surface area contributed by atoms with Crippen molar-refractivity contribution in [3.8, 4) is 0 Å². The van der Waals surface area contributed by atoms with Crippen LogP contribution in [0.15, 0.2) is 46.6 Å². The van der Waals surface area contributed by atoms with Gasteiger partial charge in [0.1, 0.15) is 29.0 Å². The predicted octanol–water partition coefficient (Wildman–Crippen LogP) is 2.07.